The van der Waals surface area contributed by atoms with Crippen LogP contribution in [0.3, 0.4) is 0 Å². The van der Waals surface area contributed by atoms with Crippen molar-refractivity contribution in [3.05, 3.63) is 64.2 Å². The van der Waals surface area contributed by atoms with Crippen molar-refractivity contribution in [1.29, 1.82) is 0 Å². The van der Waals surface area contributed by atoms with E-state index in [2.05, 4.69) is 4.98 Å². The molecule has 0 radical (unpaired) electrons. The lowest BCUT2D eigenvalue weighted by atomic mass is 9.89. The van der Waals surface area contributed by atoms with Gasteiger partial charge in [0.25, 0.3) is 6.01 Å². The first kappa shape index (κ1) is 18.9. The van der Waals surface area contributed by atoms with Gasteiger partial charge in [-0.15, -0.1) is 0 Å². The monoisotopic (exact) mass is 427 g/mol. The van der Waals surface area contributed by atoms with Crippen molar-refractivity contribution in [2.75, 3.05) is 11.9 Å². The summed E-state index contributed by atoms with van der Waals surface area (Å²) in [6, 6.07) is 8.48. The van der Waals surface area contributed by atoms with E-state index in [-0.39, 0.29) is 18.3 Å². The number of carboxylic acid groups (broad SMARTS) is 1. The van der Waals surface area contributed by atoms with E-state index >= 15 is 0 Å². The van der Waals surface area contributed by atoms with E-state index in [4.69, 9.17) is 16.0 Å². The van der Waals surface area contributed by atoms with E-state index in [1.807, 2.05) is 34.7 Å². The predicted molar refractivity (Wildman–Crippen MR) is 112 cm³/mol. The Hall–Kier alpha value is -3.06. The van der Waals surface area contributed by atoms with Crippen molar-refractivity contribution in [2.24, 2.45) is 0 Å². The number of halogens is 2. The van der Waals surface area contributed by atoms with Crippen molar-refractivity contribution >= 4 is 40.2 Å². The highest BCUT2D eigenvalue weighted by atomic mass is 35.5. The Morgan fingerprint density at radius 1 is 1.40 bits per heavy atom. The fourth-order valence-electron chi connectivity index (χ4n) is 4.44. The number of pyridine rings is 1. The molecule has 0 aliphatic heterocycles. The summed E-state index contributed by atoms with van der Waals surface area (Å²) in [5, 5.41) is 9.98. The molecule has 0 bridgehead atoms. The van der Waals surface area contributed by atoms with Gasteiger partial charge in [-0.05, 0) is 48.2 Å². The number of oxazole rings is 1. The molecule has 154 valence electrons. The lowest BCUT2D eigenvalue weighted by Crippen LogP contribution is -2.37. The zero-order valence-corrected chi connectivity index (χ0v) is 17.0. The maximum absolute atomic E-state index is 13.5. The molecule has 6 nitrogen and oxygen atoms in total. The van der Waals surface area contributed by atoms with Gasteiger partial charge >= 0.3 is 5.97 Å². The van der Waals surface area contributed by atoms with Gasteiger partial charge in [0.2, 0.25) is 0 Å². The molecule has 1 unspecified atom stereocenters. The summed E-state index contributed by atoms with van der Waals surface area (Å²) in [7, 11) is 1.92. The lowest BCUT2D eigenvalue weighted by Gasteiger charge is -2.30. The van der Waals surface area contributed by atoms with Crippen molar-refractivity contribution < 1.29 is 18.7 Å². The van der Waals surface area contributed by atoms with Gasteiger partial charge in [0, 0.05) is 42.5 Å². The molecular formula is C22H19ClFN3O3. The zero-order valence-electron chi connectivity index (χ0n) is 16.2. The summed E-state index contributed by atoms with van der Waals surface area (Å²) < 4.78 is 21.4. The van der Waals surface area contributed by atoms with Gasteiger partial charge in [0.05, 0.1) is 11.9 Å². The van der Waals surface area contributed by atoms with Gasteiger partial charge in [-0.3, -0.25) is 4.79 Å². The fraction of sp³-hybridized carbons (Fsp3) is 0.273. The molecule has 0 spiro atoms. The molecule has 1 aromatic carbocycles. The first-order valence-corrected chi connectivity index (χ1v) is 10.1. The van der Waals surface area contributed by atoms with Crippen LogP contribution in [-0.2, 0) is 24.1 Å². The van der Waals surface area contributed by atoms with E-state index < -0.39 is 5.97 Å². The third-order valence-electron chi connectivity index (χ3n) is 5.90. The SMILES string of the molecule is CN(c1nc2cc(F)ccc2o1)C1CCc2c(CC(=O)O)c3cc(Cl)ccn3c2C1. The van der Waals surface area contributed by atoms with Crippen LogP contribution in [0.15, 0.2) is 40.9 Å². The number of nitrogens with zero attached hydrogens (tertiary/aromatic N) is 3. The predicted octanol–water partition coefficient (Wildman–Crippen LogP) is 4.49. The van der Waals surface area contributed by atoms with Crippen molar-refractivity contribution in [1.82, 2.24) is 9.38 Å². The second-order valence-corrected chi connectivity index (χ2v) is 8.13. The van der Waals surface area contributed by atoms with Crippen LogP contribution in [0.2, 0.25) is 5.02 Å². The molecule has 0 fully saturated rings. The Kier molecular flexibility index (Phi) is 4.43. The molecule has 8 heteroatoms. The average Bonchev–Trinajstić information content (AvgIpc) is 3.26. The summed E-state index contributed by atoms with van der Waals surface area (Å²) in [5.41, 5.74) is 4.88. The van der Waals surface area contributed by atoms with Crippen LogP contribution in [0, 0.1) is 5.82 Å². The second-order valence-electron chi connectivity index (χ2n) is 7.69. The number of benzene rings is 1. The highest BCUT2D eigenvalue weighted by Gasteiger charge is 2.30. The molecule has 3 heterocycles. The quantitative estimate of drug-likeness (QED) is 0.519. The fourth-order valence-corrected chi connectivity index (χ4v) is 4.60. The van der Waals surface area contributed by atoms with Gasteiger partial charge in [-0.1, -0.05) is 11.6 Å². The zero-order chi connectivity index (χ0) is 21.0. The Bertz CT molecular complexity index is 1300. The number of carboxylic acids is 1. The first-order valence-electron chi connectivity index (χ1n) is 9.71. The van der Waals surface area contributed by atoms with Crippen molar-refractivity contribution in [3.63, 3.8) is 0 Å². The highest BCUT2D eigenvalue weighted by Crippen LogP contribution is 2.35. The number of hydrogen-bond donors (Lipinski definition) is 1. The topological polar surface area (TPSA) is 71.0 Å². The van der Waals surface area contributed by atoms with Gasteiger partial charge in [0.1, 0.15) is 11.3 Å². The normalized spacial score (nSPS) is 16.2. The van der Waals surface area contributed by atoms with E-state index in [1.165, 1.54) is 12.1 Å². The molecule has 1 aliphatic rings. The minimum Gasteiger partial charge on any atom is -0.481 e. The van der Waals surface area contributed by atoms with Gasteiger partial charge < -0.3 is 18.8 Å². The molecule has 0 saturated heterocycles. The van der Waals surface area contributed by atoms with Crippen LogP contribution in [0.5, 0.6) is 0 Å². The third-order valence-corrected chi connectivity index (χ3v) is 6.14. The Morgan fingerprint density at radius 3 is 3.03 bits per heavy atom. The van der Waals surface area contributed by atoms with E-state index in [0.29, 0.717) is 28.6 Å². The lowest BCUT2D eigenvalue weighted by molar-refractivity contribution is -0.136. The number of aliphatic carboxylic acids is 1. The average molecular weight is 428 g/mol. The molecule has 1 N–H and O–H groups in total. The molecule has 1 aliphatic carbocycles. The highest BCUT2D eigenvalue weighted by molar-refractivity contribution is 6.30. The largest absolute Gasteiger partial charge is 0.481 e. The molecule has 5 rings (SSSR count). The number of likely N-dealkylation sites (N-methyl/N-ethyl adjacent to an activating group) is 1. The molecule has 30 heavy (non-hydrogen) atoms. The minimum atomic E-state index is -0.858. The third kappa shape index (κ3) is 3.10. The number of anilines is 1. The van der Waals surface area contributed by atoms with Gasteiger partial charge in [-0.2, -0.15) is 4.98 Å². The van der Waals surface area contributed by atoms with Crippen LogP contribution in [0.4, 0.5) is 10.4 Å². The minimum absolute atomic E-state index is 0.0314. The number of fused-ring (bicyclic) bond motifs is 4. The number of rotatable bonds is 4. The molecule has 4 aromatic rings. The van der Waals surface area contributed by atoms with E-state index in [9.17, 15) is 14.3 Å². The summed E-state index contributed by atoms with van der Waals surface area (Å²) in [4.78, 5) is 17.9. The standard InChI is InChI=1S/C22H19ClFN3O3/c1-26(22-25-17-9-13(24)2-5-20(17)30-22)14-3-4-15-16(11-21(28)29)18-8-12(23)6-7-27(18)19(15)10-14/h2,5-9,14H,3-4,10-11H2,1H3,(H,28,29). The Balaban J connectivity index is 1.52. The van der Waals surface area contributed by atoms with Crippen LogP contribution in [-0.4, -0.2) is 33.6 Å². The molecule has 3 aromatic heterocycles. The maximum atomic E-state index is 13.5. The summed E-state index contributed by atoms with van der Waals surface area (Å²) in [6.07, 6.45) is 4.15. The molecule has 0 saturated carbocycles. The van der Waals surface area contributed by atoms with Crippen LogP contribution in [0.1, 0.15) is 23.2 Å². The van der Waals surface area contributed by atoms with Crippen LogP contribution in [0.25, 0.3) is 16.6 Å². The Morgan fingerprint density at radius 2 is 2.23 bits per heavy atom. The van der Waals surface area contributed by atoms with Crippen LogP contribution >= 0.6 is 11.6 Å². The number of aromatic nitrogens is 2. The van der Waals surface area contributed by atoms with Gasteiger partial charge in [-0.25, -0.2) is 4.39 Å². The summed E-state index contributed by atoms with van der Waals surface area (Å²) in [5.74, 6) is -1.21. The van der Waals surface area contributed by atoms with Crippen molar-refractivity contribution in [2.45, 2.75) is 31.7 Å². The van der Waals surface area contributed by atoms with E-state index in [0.717, 1.165) is 35.2 Å². The second kappa shape index (κ2) is 7.02. The molecule has 0 amide bonds. The smallest absolute Gasteiger partial charge is 0.307 e. The number of hydrogen-bond acceptors (Lipinski definition) is 4. The maximum Gasteiger partial charge on any atom is 0.307 e. The van der Waals surface area contributed by atoms with Gasteiger partial charge in [0.15, 0.2) is 5.58 Å². The summed E-state index contributed by atoms with van der Waals surface area (Å²) >= 11 is 6.18. The molecule has 1 atom stereocenters. The van der Waals surface area contributed by atoms with E-state index in [1.54, 1.807) is 6.07 Å². The van der Waals surface area contributed by atoms with Crippen LogP contribution < -0.4 is 4.90 Å². The summed E-state index contributed by atoms with van der Waals surface area (Å²) in [6.45, 7) is 0. The Labute approximate surface area is 176 Å². The number of carbonyl (C=O) groups is 1. The molecular weight excluding hydrogens is 409 g/mol. The first-order chi connectivity index (χ1) is 14.4. The van der Waals surface area contributed by atoms with Crippen molar-refractivity contribution in [3.8, 4) is 0 Å².